The number of carbonyl (C=O) groups is 1. The molecule has 0 spiro atoms. The van der Waals surface area contributed by atoms with Crippen molar-refractivity contribution in [2.75, 3.05) is 0 Å². The predicted molar refractivity (Wildman–Crippen MR) is 89.6 cm³/mol. The van der Waals surface area contributed by atoms with Crippen LogP contribution < -0.4 is 4.80 Å². The van der Waals surface area contributed by atoms with E-state index in [9.17, 15) is 4.79 Å². The first-order chi connectivity index (χ1) is 9.74. The van der Waals surface area contributed by atoms with E-state index in [4.69, 9.17) is 0 Å². The molecule has 0 aliphatic rings. The van der Waals surface area contributed by atoms with E-state index in [1.165, 1.54) is 10.3 Å². The number of nitrogens with zero attached hydrogens (tertiary/aromatic N) is 2. The summed E-state index contributed by atoms with van der Waals surface area (Å²) in [5.41, 5.74) is 2.04. The van der Waals surface area contributed by atoms with Crippen LogP contribution in [0.3, 0.4) is 0 Å². The van der Waals surface area contributed by atoms with Crippen LogP contribution in [0.2, 0.25) is 0 Å². The lowest BCUT2D eigenvalue weighted by Gasteiger charge is -2.11. The number of aryl methyl sites for hydroxylation is 1. The van der Waals surface area contributed by atoms with Crippen LogP contribution in [-0.4, -0.2) is 10.5 Å². The van der Waals surface area contributed by atoms with Crippen LogP contribution in [0.15, 0.2) is 23.2 Å². The molecule has 0 bridgehead atoms. The molecule has 114 valence electrons. The molecule has 0 radical (unpaired) electrons. The standard InChI is InChI=1S/C17H24N2OS/c1-7-19-13-9-8-12(11(2)3)10-14(13)21-16(19)18-15(20)17(4,5)6/h8-11H,7H2,1-6H3. The molecule has 1 aromatic heterocycles. The average Bonchev–Trinajstić information content (AvgIpc) is 2.73. The summed E-state index contributed by atoms with van der Waals surface area (Å²) in [5.74, 6) is 0.434. The molecule has 0 aliphatic heterocycles. The third-order valence-corrected chi connectivity index (χ3v) is 4.57. The third kappa shape index (κ3) is 3.26. The van der Waals surface area contributed by atoms with Gasteiger partial charge in [0.2, 0.25) is 0 Å². The van der Waals surface area contributed by atoms with E-state index in [2.05, 4.69) is 48.5 Å². The Labute approximate surface area is 130 Å². The summed E-state index contributed by atoms with van der Waals surface area (Å²) < 4.78 is 3.32. The Morgan fingerprint density at radius 1 is 1.33 bits per heavy atom. The van der Waals surface area contributed by atoms with Gasteiger partial charge in [-0.25, -0.2) is 0 Å². The minimum atomic E-state index is -0.440. The van der Waals surface area contributed by atoms with Crippen LogP contribution in [-0.2, 0) is 11.3 Å². The van der Waals surface area contributed by atoms with Crippen LogP contribution in [0, 0.1) is 5.41 Å². The molecule has 0 fully saturated rings. The van der Waals surface area contributed by atoms with E-state index >= 15 is 0 Å². The van der Waals surface area contributed by atoms with E-state index in [-0.39, 0.29) is 5.91 Å². The summed E-state index contributed by atoms with van der Waals surface area (Å²) >= 11 is 1.60. The van der Waals surface area contributed by atoms with Crippen molar-refractivity contribution < 1.29 is 4.79 Å². The molecule has 2 aromatic rings. The second-order valence-corrected chi connectivity index (χ2v) is 7.69. The van der Waals surface area contributed by atoms with E-state index in [1.54, 1.807) is 11.3 Å². The molecule has 1 heterocycles. The van der Waals surface area contributed by atoms with Crippen molar-refractivity contribution in [3.63, 3.8) is 0 Å². The highest BCUT2D eigenvalue weighted by Crippen LogP contribution is 2.24. The van der Waals surface area contributed by atoms with Crippen molar-refractivity contribution in [2.45, 2.75) is 54.0 Å². The average molecular weight is 304 g/mol. The molecule has 0 N–H and O–H groups in total. The summed E-state index contributed by atoms with van der Waals surface area (Å²) in [6.07, 6.45) is 0. The molecule has 3 nitrogen and oxygen atoms in total. The molecular weight excluding hydrogens is 280 g/mol. The highest BCUT2D eigenvalue weighted by molar-refractivity contribution is 7.16. The second kappa shape index (κ2) is 5.76. The molecule has 2 rings (SSSR count). The minimum absolute atomic E-state index is 0.0691. The summed E-state index contributed by atoms with van der Waals surface area (Å²) in [6.45, 7) is 13.0. The van der Waals surface area contributed by atoms with Crippen LogP contribution in [0.25, 0.3) is 10.2 Å². The molecule has 0 saturated carbocycles. The lowest BCUT2D eigenvalue weighted by atomic mass is 9.96. The first kappa shape index (κ1) is 16.0. The quantitative estimate of drug-likeness (QED) is 0.813. The zero-order valence-corrected chi connectivity index (χ0v) is 14.5. The molecule has 0 saturated heterocycles. The van der Waals surface area contributed by atoms with Gasteiger partial charge >= 0.3 is 0 Å². The number of benzene rings is 1. The number of carbonyl (C=O) groups excluding carboxylic acids is 1. The van der Waals surface area contributed by atoms with E-state index in [1.807, 2.05) is 20.8 Å². The first-order valence-electron chi connectivity index (χ1n) is 7.46. The highest BCUT2D eigenvalue weighted by atomic mass is 32.1. The van der Waals surface area contributed by atoms with Crippen molar-refractivity contribution in [1.82, 2.24) is 4.57 Å². The van der Waals surface area contributed by atoms with Gasteiger partial charge in [-0.1, -0.05) is 52.0 Å². The normalized spacial score (nSPS) is 13.4. The van der Waals surface area contributed by atoms with Gasteiger partial charge in [0.1, 0.15) is 0 Å². The zero-order chi connectivity index (χ0) is 15.8. The van der Waals surface area contributed by atoms with Crippen LogP contribution in [0.4, 0.5) is 0 Å². The summed E-state index contributed by atoms with van der Waals surface area (Å²) in [6, 6.07) is 6.53. The Morgan fingerprint density at radius 2 is 2.00 bits per heavy atom. The first-order valence-corrected chi connectivity index (χ1v) is 8.28. The van der Waals surface area contributed by atoms with Gasteiger partial charge in [0.05, 0.1) is 10.2 Å². The Morgan fingerprint density at radius 3 is 2.52 bits per heavy atom. The van der Waals surface area contributed by atoms with E-state index < -0.39 is 5.41 Å². The van der Waals surface area contributed by atoms with Gasteiger partial charge in [-0.2, -0.15) is 4.99 Å². The maximum Gasteiger partial charge on any atom is 0.253 e. The lowest BCUT2D eigenvalue weighted by Crippen LogP contribution is -2.23. The molecule has 1 aromatic carbocycles. The van der Waals surface area contributed by atoms with Crippen molar-refractivity contribution in [3.05, 3.63) is 28.6 Å². The van der Waals surface area contributed by atoms with Gasteiger partial charge in [0, 0.05) is 12.0 Å². The number of hydrogen-bond acceptors (Lipinski definition) is 2. The highest BCUT2D eigenvalue weighted by Gasteiger charge is 2.21. The maximum absolute atomic E-state index is 12.2. The fourth-order valence-electron chi connectivity index (χ4n) is 2.09. The summed E-state index contributed by atoms with van der Waals surface area (Å²) in [7, 11) is 0. The Balaban J connectivity index is 2.65. The van der Waals surface area contributed by atoms with Gasteiger partial charge in [-0.05, 0) is 30.5 Å². The van der Waals surface area contributed by atoms with Crippen molar-refractivity contribution in [3.8, 4) is 0 Å². The van der Waals surface area contributed by atoms with Gasteiger partial charge in [-0.3, -0.25) is 4.79 Å². The largest absolute Gasteiger partial charge is 0.317 e. The number of fused-ring (bicyclic) bond motifs is 1. The third-order valence-electron chi connectivity index (χ3n) is 3.53. The van der Waals surface area contributed by atoms with Crippen LogP contribution in [0.5, 0.6) is 0 Å². The van der Waals surface area contributed by atoms with E-state index in [0.717, 1.165) is 16.9 Å². The molecule has 1 amide bonds. The summed E-state index contributed by atoms with van der Waals surface area (Å²) in [4.78, 5) is 17.3. The SMILES string of the molecule is CCn1c(=NC(=O)C(C)(C)C)sc2cc(C(C)C)ccc21. The number of amides is 1. The molecule has 21 heavy (non-hydrogen) atoms. The minimum Gasteiger partial charge on any atom is -0.317 e. The smallest absolute Gasteiger partial charge is 0.253 e. The monoisotopic (exact) mass is 304 g/mol. The topological polar surface area (TPSA) is 34.4 Å². The van der Waals surface area contributed by atoms with Crippen molar-refractivity contribution in [1.29, 1.82) is 0 Å². The molecule has 0 unspecified atom stereocenters. The van der Waals surface area contributed by atoms with Crippen molar-refractivity contribution >= 4 is 27.5 Å². The predicted octanol–water partition coefficient (Wildman–Crippen LogP) is 4.32. The van der Waals surface area contributed by atoms with Gasteiger partial charge in [0.25, 0.3) is 5.91 Å². The fourth-order valence-corrected chi connectivity index (χ4v) is 3.24. The Kier molecular flexibility index (Phi) is 4.38. The summed E-state index contributed by atoms with van der Waals surface area (Å²) in [5, 5.41) is 0. The number of hydrogen-bond donors (Lipinski definition) is 0. The molecule has 4 heteroatoms. The van der Waals surface area contributed by atoms with Gasteiger partial charge in [0.15, 0.2) is 4.80 Å². The lowest BCUT2D eigenvalue weighted by molar-refractivity contribution is -0.125. The Bertz CT molecular complexity index is 729. The van der Waals surface area contributed by atoms with Crippen molar-refractivity contribution in [2.24, 2.45) is 10.4 Å². The van der Waals surface area contributed by atoms with Crippen LogP contribution in [0.1, 0.15) is 53.0 Å². The van der Waals surface area contributed by atoms with Gasteiger partial charge < -0.3 is 4.57 Å². The molecule has 0 atom stereocenters. The van der Waals surface area contributed by atoms with Crippen LogP contribution >= 0.6 is 11.3 Å². The number of thiazole rings is 1. The molecular formula is C17H24N2OS. The van der Waals surface area contributed by atoms with E-state index in [0.29, 0.717) is 5.92 Å². The fraction of sp³-hybridized carbons (Fsp3) is 0.529. The van der Waals surface area contributed by atoms with Gasteiger partial charge in [-0.15, -0.1) is 0 Å². The number of aromatic nitrogens is 1. The zero-order valence-electron chi connectivity index (χ0n) is 13.7. The second-order valence-electron chi connectivity index (χ2n) is 6.68. The molecule has 0 aliphatic carbocycles. The maximum atomic E-state index is 12.2. The Hall–Kier alpha value is -1.42. The number of rotatable bonds is 2.